The molecule has 1 aromatic carbocycles. The number of carbonyl (C=O) groups is 2. The molecule has 118 valence electrons. The molecule has 2 aliphatic heterocycles. The predicted molar refractivity (Wildman–Crippen MR) is 79.7 cm³/mol. The van der Waals surface area contributed by atoms with E-state index in [1.165, 1.54) is 6.07 Å². The van der Waals surface area contributed by atoms with E-state index in [1.54, 1.807) is 23.1 Å². The summed E-state index contributed by atoms with van der Waals surface area (Å²) < 4.78 is 13.7. The molecule has 1 aromatic rings. The highest BCUT2D eigenvalue weighted by atomic mass is 19.1. The number of nitrogens with one attached hydrogen (secondary N) is 1. The lowest BCUT2D eigenvalue weighted by Crippen LogP contribution is -2.58. The molecular formula is C16H20FN3O2. The van der Waals surface area contributed by atoms with Gasteiger partial charge in [-0.15, -0.1) is 0 Å². The molecule has 6 heteroatoms. The number of halogens is 1. The monoisotopic (exact) mass is 305 g/mol. The maximum Gasteiger partial charge on any atom is 0.239 e. The van der Waals surface area contributed by atoms with Gasteiger partial charge in [0, 0.05) is 32.7 Å². The molecule has 0 aromatic heterocycles. The van der Waals surface area contributed by atoms with Crippen molar-refractivity contribution in [1.82, 2.24) is 15.1 Å². The first kappa shape index (κ1) is 15.0. The smallest absolute Gasteiger partial charge is 0.239 e. The van der Waals surface area contributed by atoms with Crippen LogP contribution in [-0.2, 0) is 16.0 Å². The van der Waals surface area contributed by atoms with Crippen molar-refractivity contribution >= 4 is 11.8 Å². The quantitative estimate of drug-likeness (QED) is 0.860. The van der Waals surface area contributed by atoms with Crippen molar-refractivity contribution in [1.29, 1.82) is 0 Å². The second-order valence-corrected chi connectivity index (χ2v) is 5.80. The van der Waals surface area contributed by atoms with Gasteiger partial charge in [0.25, 0.3) is 0 Å². The summed E-state index contributed by atoms with van der Waals surface area (Å²) in [5, 5.41) is 2.85. The van der Waals surface area contributed by atoms with E-state index in [1.807, 2.05) is 0 Å². The topological polar surface area (TPSA) is 52.7 Å². The molecule has 1 atom stereocenters. The van der Waals surface area contributed by atoms with Crippen LogP contribution in [0.3, 0.4) is 0 Å². The number of piperazine rings is 1. The molecule has 0 radical (unpaired) electrons. The fourth-order valence-corrected chi connectivity index (χ4v) is 3.14. The molecule has 2 saturated heterocycles. The van der Waals surface area contributed by atoms with Crippen molar-refractivity contribution < 1.29 is 14.0 Å². The number of hydrogen-bond acceptors (Lipinski definition) is 3. The van der Waals surface area contributed by atoms with Gasteiger partial charge < -0.3 is 10.2 Å². The van der Waals surface area contributed by atoms with Crippen molar-refractivity contribution in [3.63, 3.8) is 0 Å². The molecule has 2 fully saturated rings. The Hall–Kier alpha value is -1.95. The van der Waals surface area contributed by atoms with Gasteiger partial charge in [-0.2, -0.15) is 0 Å². The van der Waals surface area contributed by atoms with Gasteiger partial charge in [0.05, 0.1) is 6.42 Å². The van der Waals surface area contributed by atoms with Crippen LogP contribution in [0.1, 0.15) is 12.0 Å². The first-order chi connectivity index (χ1) is 10.6. The molecule has 1 N–H and O–H groups in total. The molecule has 3 rings (SSSR count). The zero-order valence-corrected chi connectivity index (χ0v) is 12.4. The van der Waals surface area contributed by atoms with Gasteiger partial charge >= 0.3 is 0 Å². The van der Waals surface area contributed by atoms with E-state index >= 15 is 0 Å². The van der Waals surface area contributed by atoms with Crippen LogP contribution in [0.4, 0.5) is 4.39 Å². The average Bonchev–Trinajstić information content (AvgIpc) is 2.73. The Morgan fingerprint density at radius 1 is 1.27 bits per heavy atom. The van der Waals surface area contributed by atoms with E-state index < -0.39 is 0 Å². The Balaban J connectivity index is 1.69. The number of hydrogen-bond donors (Lipinski definition) is 1. The van der Waals surface area contributed by atoms with Crippen LogP contribution in [0, 0.1) is 5.82 Å². The lowest BCUT2D eigenvalue weighted by molar-refractivity contribution is -0.133. The zero-order valence-electron chi connectivity index (χ0n) is 12.4. The first-order valence-corrected chi connectivity index (χ1v) is 7.68. The minimum absolute atomic E-state index is 0.0168. The Bertz CT molecular complexity index is 578. The summed E-state index contributed by atoms with van der Waals surface area (Å²) in [5.74, 6) is -0.495. The minimum Gasteiger partial charge on any atom is -0.353 e. The molecule has 1 unspecified atom stereocenters. The largest absolute Gasteiger partial charge is 0.353 e. The van der Waals surface area contributed by atoms with Crippen LogP contribution in [0.15, 0.2) is 24.3 Å². The van der Waals surface area contributed by atoms with E-state index in [-0.39, 0.29) is 30.1 Å². The third-order valence-corrected chi connectivity index (χ3v) is 4.36. The van der Waals surface area contributed by atoms with E-state index in [4.69, 9.17) is 0 Å². The maximum atomic E-state index is 13.7. The van der Waals surface area contributed by atoms with Crippen molar-refractivity contribution in [2.75, 3.05) is 32.7 Å². The zero-order chi connectivity index (χ0) is 15.5. The third-order valence-electron chi connectivity index (χ3n) is 4.36. The summed E-state index contributed by atoms with van der Waals surface area (Å²) in [4.78, 5) is 28.3. The van der Waals surface area contributed by atoms with Gasteiger partial charge in [-0.3, -0.25) is 14.5 Å². The normalized spacial score (nSPS) is 22.7. The van der Waals surface area contributed by atoms with Gasteiger partial charge in [0.1, 0.15) is 11.9 Å². The Kier molecular flexibility index (Phi) is 4.38. The summed E-state index contributed by atoms with van der Waals surface area (Å²) in [7, 11) is 0. The number of amides is 2. The number of benzene rings is 1. The standard InChI is InChI=1S/C16H20FN3O2/c17-13-5-2-1-4-12(13)10-15(21)20-8-3-7-19-9-6-18-16(22)14(19)11-20/h1-2,4-5,14H,3,6-11H2,(H,18,22). The maximum absolute atomic E-state index is 13.7. The van der Waals surface area contributed by atoms with E-state index in [9.17, 15) is 14.0 Å². The lowest BCUT2D eigenvalue weighted by Gasteiger charge is -2.34. The van der Waals surface area contributed by atoms with Crippen LogP contribution in [-0.4, -0.2) is 60.4 Å². The highest BCUT2D eigenvalue weighted by Crippen LogP contribution is 2.15. The summed E-state index contributed by atoms with van der Waals surface area (Å²) in [5.41, 5.74) is 0.404. The lowest BCUT2D eigenvalue weighted by atomic mass is 10.1. The molecule has 0 saturated carbocycles. The molecule has 0 bridgehead atoms. The highest BCUT2D eigenvalue weighted by Gasteiger charge is 2.34. The van der Waals surface area contributed by atoms with Crippen LogP contribution in [0.25, 0.3) is 0 Å². The SMILES string of the molecule is O=C1NCCN2CCCN(C(=O)Cc3ccccc3F)CC12. The van der Waals surface area contributed by atoms with E-state index in [2.05, 4.69) is 10.2 Å². The molecule has 0 spiro atoms. The Morgan fingerprint density at radius 3 is 2.91 bits per heavy atom. The number of nitrogens with zero attached hydrogens (tertiary/aromatic N) is 2. The summed E-state index contributed by atoms with van der Waals surface area (Å²) in [6, 6.07) is 6.05. The molecular weight excluding hydrogens is 285 g/mol. The third kappa shape index (κ3) is 3.11. The molecule has 2 amide bonds. The van der Waals surface area contributed by atoms with Gasteiger partial charge in [0.2, 0.25) is 11.8 Å². The van der Waals surface area contributed by atoms with Crippen molar-refractivity contribution in [2.24, 2.45) is 0 Å². The summed E-state index contributed by atoms with van der Waals surface area (Å²) >= 11 is 0. The van der Waals surface area contributed by atoms with Gasteiger partial charge in [-0.05, 0) is 18.1 Å². The predicted octanol–water partition coefficient (Wildman–Crippen LogP) is 0.401. The van der Waals surface area contributed by atoms with Crippen molar-refractivity contribution in [3.05, 3.63) is 35.6 Å². The van der Waals surface area contributed by atoms with Gasteiger partial charge in [-0.25, -0.2) is 4.39 Å². The average molecular weight is 305 g/mol. The van der Waals surface area contributed by atoms with Crippen LogP contribution in [0.2, 0.25) is 0 Å². The number of rotatable bonds is 2. The highest BCUT2D eigenvalue weighted by molar-refractivity contribution is 5.84. The molecule has 22 heavy (non-hydrogen) atoms. The molecule has 2 aliphatic rings. The van der Waals surface area contributed by atoms with Crippen molar-refractivity contribution in [2.45, 2.75) is 18.9 Å². The number of fused-ring (bicyclic) bond motifs is 1. The van der Waals surface area contributed by atoms with Crippen LogP contribution >= 0.6 is 0 Å². The molecule has 5 nitrogen and oxygen atoms in total. The molecule has 0 aliphatic carbocycles. The second-order valence-electron chi connectivity index (χ2n) is 5.80. The summed E-state index contributed by atoms with van der Waals surface area (Å²) in [6.07, 6.45) is 0.883. The molecule has 2 heterocycles. The summed E-state index contributed by atoms with van der Waals surface area (Å²) in [6.45, 7) is 3.32. The van der Waals surface area contributed by atoms with Crippen LogP contribution < -0.4 is 5.32 Å². The van der Waals surface area contributed by atoms with Crippen molar-refractivity contribution in [3.8, 4) is 0 Å². The fourth-order valence-electron chi connectivity index (χ4n) is 3.14. The van der Waals surface area contributed by atoms with E-state index in [0.29, 0.717) is 25.2 Å². The first-order valence-electron chi connectivity index (χ1n) is 7.68. The van der Waals surface area contributed by atoms with Gasteiger partial charge in [0.15, 0.2) is 0 Å². The number of carbonyl (C=O) groups excluding carboxylic acids is 2. The Morgan fingerprint density at radius 2 is 2.09 bits per heavy atom. The van der Waals surface area contributed by atoms with E-state index in [0.717, 1.165) is 19.5 Å². The van der Waals surface area contributed by atoms with Gasteiger partial charge in [-0.1, -0.05) is 18.2 Å². The minimum atomic E-state index is -0.359. The Labute approximate surface area is 129 Å². The fraction of sp³-hybridized carbons (Fsp3) is 0.500. The second kappa shape index (κ2) is 6.44. The van der Waals surface area contributed by atoms with Crippen LogP contribution in [0.5, 0.6) is 0 Å².